The highest BCUT2D eigenvalue weighted by molar-refractivity contribution is 5.64. The van der Waals surface area contributed by atoms with Gasteiger partial charge in [-0.25, -0.2) is 14.4 Å². The van der Waals surface area contributed by atoms with Crippen LogP contribution in [0.2, 0.25) is 0 Å². The number of rotatable bonds is 14. The number of hydrogen-bond donors (Lipinski definition) is 0. The third-order valence-corrected chi connectivity index (χ3v) is 6.14. The second-order valence-corrected chi connectivity index (χ2v) is 8.82. The molecule has 0 N–H and O–H groups in total. The van der Waals surface area contributed by atoms with E-state index >= 15 is 0 Å². The molecule has 5 heteroatoms. The van der Waals surface area contributed by atoms with Crippen LogP contribution in [0.3, 0.4) is 0 Å². The molecule has 2 aromatic carbocycles. The largest absolute Gasteiger partial charge is 0.494 e. The predicted octanol–water partition coefficient (Wildman–Crippen LogP) is 7.92. The molecule has 0 spiro atoms. The molecule has 0 amide bonds. The smallest absolute Gasteiger partial charge is 0.159 e. The molecule has 3 aromatic rings. The van der Waals surface area contributed by atoms with E-state index < -0.39 is 6.17 Å². The summed E-state index contributed by atoms with van der Waals surface area (Å²) in [6, 6.07) is 15.5. The number of unbranched alkanes of at least 4 members (excludes halogenated alkanes) is 4. The second-order valence-electron chi connectivity index (χ2n) is 8.82. The molecule has 0 saturated heterocycles. The van der Waals surface area contributed by atoms with Crippen molar-refractivity contribution in [2.75, 3.05) is 13.2 Å². The van der Waals surface area contributed by atoms with E-state index in [1.165, 1.54) is 25.7 Å². The third kappa shape index (κ3) is 7.82. The van der Waals surface area contributed by atoms with Gasteiger partial charge in [0.1, 0.15) is 24.3 Å². The molecule has 1 heterocycles. The maximum Gasteiger partial charge on any atom is 0.159 e. The maximum absolute atomic E-state index is 14.0. The van der Waals surface area contributed by atoms with Gasteiger partial charge in [-0.3, -0.25) is 0 Å². The molecule has 0 bridgehead atoms. The van der Waals surface area contributed by atoms with Crippen molar-refractivity contribution in [2.24, 2.45) is 5.92 Å². The molecule has 0 aliphatic carbocycles. The molecule has 34 heavy (non-hydrogen) atoms. The molecule has 182 valence electrons. The molecule has 3 rings (SSSR count). The molecule has 0 aliphatic heterocycles. The van der Waals surface area contributed by atoms with Gasteiger partial charge in [0.15, 0.2) is 5.82 Å². The van der Waals surface area contributed by atoms with E-state index in [9.17, 15) is 4.39 Å². The van der Waals surface area contributed by atoms with E-state index in [-0.39, 0.29) is 12.5 Å². The number of aromatic nitrogens is 2. The first-order valence-corrected chi connectivity index (χ1v) is 12.5. The van der Waals surface area contributed by atoms with E-state index in [1.54, 1.807) is 0 Å². The highest BCUT2D eigenvalue weighted by Gasteiger charge is 2.15. The number of nitrogens with zero attached hydrogens (tertiary/aromatic N) is 2. The average molecular weight is 465 g/mol. The minimum absolute atomic E-state index is 0.000939. The summed E-state index contributed by atoms with van der Waals surface area (Å²) in [5.74, 6) is 2.21. The van der Waals surface area contributed by atoms with Crippen molar-refractivity contribution in [3.63, 3.8) is 0 Å². The van der Waals surface area contributed by atoms with Crippen LogP contribution >= 0.6 is 0 Å². The summed E-state index contributed by atoms with van der Waals surface area (Å²) >= 11 is 0. The van der Waals surface area contributed by atoms with Gasteiger partial charge in [-0.05, 0) is 54.3 Å². The van der Waals surface area contributed by atoms with E-state index in [4.69, 9.17) is 9.47 Å². The van der Waals surface area contributed by atoms with Crippen LogP contribution in [0.4, 0.5) is 4.39 Å². The Morgan fingerprint density at radius 3 is 1.94 bits per heavy atom. The van der Waals surface area contributed by atoms with E-state index in [1.807, 2.05) is 74.8 Å². The van der Waals surface area contributed by atoms with Crippen molar-refractivity contribution in [3.05, 3.63) is 60.9 Å². The second kappa shape index (κ2) is 13.7. The number of ether oxygens (including phenoxy) is 2. The fourth-order valence-electron chi connectivity index (χ4n) is 3.56. The maximum atomic E-state index is 14.0. The molecule has 0 aliphatic rings. The lowest BCUT2D eigenvalue weighted by Gasteiger charge is -2.15. The Balaban J connectivity index is 1.51. The summed E-state index contributed by atoms with van der Waals surface area (Å²) in [6.45, 7) is 6.95. The van der Waals surface area contributed by atoms with Gasteiger partial charge in [0, 0.05) is 23.5 Å². The summed E-state index contributed by atoms with van der Waals surface area (Å²) in [7, 11) is 0. The van der Waals surface area contributed by atoms with Crippen molar-refractivity contribution in [3.8, 4) is 34.0 Å². The van der Waals surface area contributed by atoms with Crippen LogP contribution in [0.25, 0.3) is 22.5 Å². The first-order valence-electron chi connectivity index (χ1n) is 12.5. The van der Waals surface area contributed by atoms with Gasteiger partial charge in [0.2, 0.25) is 0 Å². The Morgan fingerprint density at radius 1 is 0.735 bits per heavy atom. The first kappa shape index (κ1) is 25.7. The van der Waals surface area contributed by atoms with Crippen LogP contribution in [-0.2, 0) is 0 Å². The number of benzene rings is 2. The first-order chi connectivity index (χ1) is 16.6. The minimum Gasteiger partial charge on any atom is -0.494 e. The van der Waals surface area contributed by atoms with Gasteiger partial charge in [-0.15, -0.1) is 0 Å². The lowest BCUT2D eigenvalue weighted by molar-refractivity contribution is 0.145. The standard InChI is InChI=1S/C29H37FN2O2/c1-4-6-7-8-9-18-33-26-16-12-24(13-17-26)29-31-19-25(20-32-29)23-10-14-27(15-11-23)34-21-28(30)22(3)5-2/h10-17,19-20,22,28H,4-9,18,21H2,1-3H3. The van der Waals surface area contributed by atoms with Crippen LogP contribution in [0.5, 0.6) is 11.5 Å². The third-order valence-electron chi connectivity index (χ3n) is 6.14. The number of hydrogen-bond acceptors (Lipinski definition) is 4. The fraction of sp³-hybridized carbons (Fsp3) is 0.448. The molecular formula is C29H37FN2O2. The SMILES string of the molecule is CCCCCCCOc1ccc(-c2ncc(-c3ccc(OCC(F)C(C)CC)cc3)cn2)cc1. The van der Waals surface area contributed by atoms with Gasteiger partial charge in [0.25, 0.3) is 0 Å². The highest BCUT2D eigenvalue weighted by atomic mass is 19.1. The van der Waals surface area contributed by atoms with Crippen molar-refractivity contribution in [1.82, 2.24) is 9.97 Å². The Kier molecular flexibility index (Phi) is 10.3. The van der Waals surface area contributed by atoms with Crippen LogP contribution in [0, 0.1) is 5.92 Å². The zero-order valence-corrected chi connectivity index (χ0v) is 20.7. The Hall–Kier alpha value is -2.95. The Labute approximate surface area is 203 Å². The normalized spacial score (nSPS) is 12.8. The fourth-order valence-corrected chi connectivity index (χ4v) is 3.56. The summed E-state index contributed by atoms with van der Waals surface area (Å²) in [6.07, 6.45) is 9.63. The summed E-state index contributed by atoms with van der Waals surface area (Å²) < 4.78 is 25.4. The Bertz CT molecular complexity index is 959. The summed E-state index contributed by atoms with van der Waals surface area (Å²) in [4.78, 5) is 9.07. The lowest BCUT2D eigenvalue weighted by atomic mass is 10.0. The van der Waals surface area contributed by atoms with E-state index in [0.717, 1.165) is 41.9 Å². The quantitative estimate of drug-likeness (QED) is 0.227. The molecule has 2 atom stereocenters. The zero-order chi connectivity index (χ0) is 24.2. The van der Waals surface area contributed by atoms with Crippen molar-refractivity contribution < 1.29 is 13.9 Å². The van der Waals surface area contributed by atoms with Gasteiger partial charge in [-0.2, -0.15) is 0 Å². The van der Waals surface area contributed by atoms with Crippen LogP contribution in [-0.4, -0.2) is 29.4 Å². The van der Waals surface area contributed by atoms with E-state index in [2.05, 4.69) is 16.9 Å². The molecule has 0 fully saturated rings. The van der Waals surface area contributed by atoms with Gasteiger partial charge in [-0.1, -0.05) is 65.0 Å². The molecule has 4 nitrogen and oxygen atoms in total. The topological polar surface area (TPSA) is 44.2 Å². The van der Waals surface area contributed by atoms with Crippen LogP contribution in [0.15, 0.2) is 60.9 Å². The molecule has 1 aromatic heterocycles. The monoisotopic (exact) mass is 464 g/mol. The van der Waals surface area contributed by atoms with Gasteiger partial charge >= 0.3 is 0 Å². The predicted molar refractivity (Wildman–Crippen MR) is 137 cm³/mol. The average Bonchev–Trinajstić information content (AvgIpc) is 2.89. The Morgan fingerprint density at radius 2 is 1.32 bits per heavy atom. The number of halogens is 1. The lowest BCUT2D eigenvalue weighted by Crippen LogP contribution is -2.20. The van der Waals surface area contributed by atoms with Crippen molar-refractivity contribution in [2.45, 2.75) is 65.5 Å². The number of alkyl halides is 1. The van der Waals surface area contributed by atoms with Gasteiger partial charge < -0.3 is 9.47 Å². The van der Waals surface area contributed by atoms with Gasteiger partial charge in [0.05, 0.1) is 6.61 Å². The minimum atomic E-state index is -0.957. The van der Waals surface area contributed by atoms with Crippen molar-refractivity contribution >= 4 is 0 Å². The molecule has 0 saturated carbocycles. The molecule has 0 radical (unpaired) electrons. The van der Waals surface area contributed by atoms with Crippen LogP contribution in [0.1, 0.15) is 59.3 Å². The molecular weight excluding hydrogens is 427 g/mol. The van der Waals surface area contributed by atoms with Crippen molar-refractivity contribution in [1.29, 1.82) is 0 Å². The molecule has 2 unspecified atom stereocenters. The summed E-state index contributed by atoms with van der Waals surface area (Å²) in [5, 5.41) is 0. The summed E-state index contributed by atoms with van der Waals surface area (Å²) in [5.41, 5.74) is 2.86. The van der Waals surface area contributed by atoms with E-state index in [0.29, 0.717) is 11.6 Å². The highest BCUT2D eigenvalue weighted by Crippen LogP contribution is 2.24. The van der Waals surface area contributed by atoms with Crippen LogP contribution < -0.4 is 9.47 Å². The zero-order valence-electron chi connectivity index (χ0n) is 20.7.